The van der Waals surface area contributed by atoms with E-state index in [4.69, 9.17) is 4.42 Å². The van der Waals surface area contributed by atoms with Gasteiger partial charge in [0.1, 0.15) is 0 Å². The Hall–Kier alpha value is -2.95. The minimum atomic E-state index is -0.134. The second-order valence-electron chi connectivity index (χ2n) is 5.03. The monoisotopic (exact) mass is 293 g/mol. The van der Waals surface area contributed by atoms with Gasteiger partial charge in [-0.1, -0.05) is 17.7 Å². The number of hydrogen-bond acceptors (Lipinski definition) is 4. The van der Waals surface area contributed by atoms with E-state index in [1.165, 1.54) is 0 Å². The lowest BCUT2D eigenvalue weighted by Crippen LogP contribution is -2.11. The van der Waals surface area contributed by atoms with Gasteiger partial charge in [-0.25, -0.2) is 0 Å². The van der Waals surface area contributed by atoms with Crippen LogP contribution in [0.15, 0.2) is 52.9 Å². The summed E-state index contributed by atoms with van der Waals surface area (Å²) in [7, 11) is 0. The maximum Gasteiger partial charge on any atom is 0.255 e. The van der Waals surface area contributed by atoms with Gasteiger partial charge < -0.3 is 9.73 Å². The molecule has 1 aromatic heterocycles. The van der Waals surface area contributed by atoms with E-state index in [0.717, 1.165) is 11.1 Å². The summed E-state index contributed by atoms with van der Waals surface area (Å²) < 4.78 is 5.36. The first-order valence-corrected chi connectivity index (χ1v) is 6.90. The molecule has 1 amide bonds. The molecule has 0 aliphatic carbocycles. The highest BCUT2D eigenvalue weighted by atomic mass is 16.4. The highest BCUT2D eigenvalue weighted by molar-refractivity contribution is 6.04. The van der Waals surface area contributed by atoms with Gasteiger partial charge in [0.25, 0.3) is 5.91 Å². The Labute approximate surface area is 128 Å². The van der Waals surface area contributed by atoms with Gasteiger partial charge in [0.15, 0.2) is 0 Å². The Morgan fingerprint density at radius 3 is 2.45 bits per heavy atom. The van der Waals surface area contributed by atoms with E-state index in [-0.39, 0.29) is 5.91 Å². The molecule has 3 rings (SSSR count). The first-order chi connectivity index (χ1) is 10.6. The summed E-state index contributed by atoms with van der Waals surface area (Å²) in [6.45, 7) is 3.70. The number of anilines is 1. The summed E-state index contributed by atoms with van der Waals surface area (Å²) in [6.07, 6.45) is 0. The van der Waals surface area contributed by atoms with Crippen molar-refractivity contribution in [3.63, 3.8) is 0 Å². The lowest BCUT2D eigenvalue weighted by Gasteiger charge is -2.06. The number of carbonyl (C=O) groups excluding carboxylic acids is 1. The summed E-state index contributed by atoms with van der Waals surface area (Å²) in [5.41, 5.74) is 3.21. The summed E-state index contributed by atoms with van der Waals surface area (Å²) >= 11 is 0. The Bertz CT molecular complexity index is 807. The molecule has 5 heteroatoms. The first kappa shape index (κ1) is 14.0. The second-order valence-corrected chi connectivity index (χ2v) is 5.03. The maximum atomic E-state index is 12.2. The van der Waals surface area contributed by atoms with Crippen molar-refractivity contribution in [3.05, 3.63) is 65.5 Å². The van der Waals surface area contributed by atoms with E-state index in [1.807, 2.05) is 49.4 Å². The number of carbonyl (C=O) groups is 1. The van der Waals surface area contributed by atoms with Crippen LogP contribution in [0.3, 0.4) is 0 Å². The van der Waals surface area contributed by atoms with E-state index in [0.29, 0.717) is 23.0 Å². The van der Waals surface area contributed by atoms with Crippen molar-refractivity contribution in [2.24, 2.45) is 0 Å². The van der Waals surface area contributed by atoms with Gasteiger partial charge in [0, 0.05) is 23.7 Å². The Balaban J connectivity index is 1.75. The van der Waals surface area contributed by atoms with Crippen molar-refractivity contribution in [1.82, 2.24) is 10.2 Å². The fraction of sp³-hybridized carbons (Fsp3) is 0.118. The van der Waals surface area contributed by atoms with Gasteiger partial charge in [-0.15, -0.1) is 10.2 Å². The molecule has 22 heavy (non-hydrogen) atoms. The third-order valence-corrected chi connectivity index (χ3v) is 3.20. The summed E-state index contributed by atoms with van der Waals surface area (Å²) in [5, 5.41) is 10.6. The zero-order chi connectivity index (χ0) is 15.5. The topological polar surface area (TPSA) is 68.0 Å². The van der Waals surface area contributed by atoms with Crippen LogP contribution in [-0.4, -0.2) is 16.1 Å². The number of aryl methyl sites for hydroxylation is 2. The van der Waals surface area contributed by atoms with Crippen LogP contribution < -0.4 is 5.32 Å². The smallest absolute Gasteiger partial charge is 0.255 e. The van der Waals surface area contributed by atoms with Gasteiger partial charge in [-0.2, -0.15) is 0 Å². The molecule has 0 bridgehead atoms. The van der Waals surface area contributed by atoms with Gasteiger partial charge in [-0.3, -0.25) is 4.79 Å². The predicted molar refractivity (Wildman–Crippen MR) is 83.6 cm³/mol. The summed E-state index contributed by atoms with van der Waals surface area (Å²) in [4.78, 5) is 12.2. The summed E-state index contributed by atoms with van der Waals surface area (Å²) in [6, 6.07) is 14.7. The van der Waals surface area contributed by atoms with Gasteiger partial charge in [0.05, 0.1) is 0 Å². The minimum Gasteiger partial charge on any atom is -0.421 e. The predicted octanol–water partition coefficient (Wildman–Crippen LogP) is 3.61. The van der Waals surface area contributed by atoms with Gasteiger partial charge in [0.2, 0.25) is 11.8 Å². The van der Waals surface area contributed by atoms with Crippen molar-refractivity contribution in [2.45, 2.75) is 13.8 Å². The third kappa shape index (κ3) is 3.03. The van der Waals surface area contributed by atoms with Crippen LogP contribution >= 0.6 is 0 Å². The largest absolute Gasteiger partial charge is 0.421 e. The first-order valence-electron chi connectivity index (χ1n) is 6.90. The van der Waals surface area contributed by atoms with E-state index in [9.17, 15) is 4.79 Å². The Morgan fingerprint density at radius 2 is 1.82 bits per heavy atom. The van der Waals surface area contributed by atoms with E-state index in [1.54, 1.807) is 13.0 Å². The van der Waals surface area contributed by atoms with Gasteiger partial charge in [-0.05, 0) is 43.3 Å². The zero-order valence-corrected chi connectivity index (χ0v) is 12.3. The molecule has 0 saturated carbocycles. The van der Waals surface area contributed by atoms with E-state index >= 15 is 0 Å². The van der Waals surface area contributed by atoms with Crippen LogP contribution in [0.2, 0.25) is 0 Å². The average Bonchev–Trinajstić information content (AvgIpc) is 2.94. The number of aromatic nitrogens is 2. The maximum absolute atomic E-state index is 12.2. The second kappa shape index (κ2) is 5.81. The SMILES string of the molecule is Cc1cccc(C(=O)Nc2ccc(-c3nnc(C)o3)cc2)c1. The van der Waals surface area contributed by atoms with Crippen LogP contribution in [0.25, 0.3) is 11.5 Å². The molecule has 1 heterocycles. The molecular formula is C17H15N3O2. The average molecular weight is 293 g/mol. The number of nitrogens with zero attached hydrogens (tertiary/aromatic N) is 2. The van der Waals surface area contributed by atoms with Crippen molar-refractivity contribution in [2.75, 3.05) is 5.32 Å². The highest BCUT2D eigenvalue weighted by Crippen LogP contribution is 2.20. The minimum absolute atomic E-state index is 0.134. The van der Waals surface area contributed by atoms with Crippen LogP contribution in [-0.2, 0) is 0 Å². The van der Waals surface area contributed by atoms with Crippen molar-refractivity contribution < 1.29 is 9.21 Å². The Kier molecular flexibility index (Phi) is 3.70. The van der Waals surface area contributed by atoms with Crippen LogP contribution in [0, 0.1) is 13.8 Å². The van der Waals surface area contributed by atoms with Crippen LogP contribution in [0.5, 0.6) is 0 Å². The van der Waals surface area contributed by atoms with Crippen LogP contribution in [0.1, 0.15) is 21.8 Å². The zero-order valence-electron chi connectivity index (χ0n) is 12.3. The van der Waals surface area contributed by atoms with Gasteiger partial charge >= 0.3 is 0 Å². The van der Waals surface area contributed by atoms with E-state index in [2.05, 4.69) is 15.5 Å². The highest BCUT2D eigenvalue weighted by Gasteiger charge is 2.08. The number of hydrogen-bond donors (Lipinski definition) is 1. The molecule has 0 saturated heterocycles. The molecule has 5 nitrogen and oxygen atoms in total. The number of rotatable bonds is 3. The molecule has 0 aliphatic rings. The molecule has 0 atom stereocenters. The molecule has 0 radical (unpaired) electrons. The lowest BCUT2D eigenvalue weighted by molar-refractivity contribution is 0.102. The molecule has 3 aromatic rings. The normalized spacial score (nSPS) is 10.5. The third-order valence-electron chi connectivity index (χ3n) is 3.20. The standard InChI is InChI=1S/C17H15N3O2/c1-11-4-3-5-14(10-11)16(21)18-15-8-6-13(7-9-15)17-20-19-12(2)22-17/h3-10H,1-2H3,(H,18,21). The molecule has 0 unspecified atom stereocenters. The lowest BCUT2D eigenvalue weighted by atomic mass is 10.1. The molecular weight excluding hydrogens is 278 g/mol. The quantitative estimate of drug-likeness (QED) is 0.801. The molecule has 1 N–H and O–H groups in total. The fourth-order valence-electron chi connectivity index (χ4n) is 2.10. The van der Waals surface area contributed by atoms with E-state index < -0.39 is 0 Å². The number of amides is 1. The van der Waals surface area contributed by atoms with Crippen molar-refractivity contribution in [1.29, 1.82) is 0 Å². The summed E-state index contributed by atoms with van der Waals surface area (Å²) in [5.74, 6) is 0.853. The molecule has 110 valence electrons. The molecule has 0 spiro atoms. The number of nitrogens with one attached hydrogen (secondary N) is 1. The van der Waals surface area contributed by atoms with Crippen molar-refractivity contribution in [3.8, 4) is 11.5 Å². The molecule has 2 aromatic carbocycles. The Morgan fingerprint density at radius 1 is 1.05 bits per heavy atom. The number of benzene rings is 2. The molecule has 0 fully saturated rings. The fourth-order valence-corrected chi connectivity index (χ4v) is 2.10. The molecule has 0 aliphatic heterocycles. The van der Waals surface area contributed by atoms with Crippen molar-refractivity contribution >= 4 is 11.6 Å². The van der Waals surface area contributed by atoms with Crippen LogP contribution in [0.4, 0.5) is 5.69 Å².